The van der Waals surface area contributed by atoms with Gasteiger partial charge >= 0.3 is 0 Å². The van der Waals surface area contributed by atoms with Crippen molar-refractivity contribution in [3.05, 3.63) is 0 Å². The van der Waals surface area contributed by atoms with Gasteiger partial charge in [-0.1, -0.05) is 0 Å². The van der Waals surface area contributed by atoms with E-state index in [2.05, 4.69) is 5.32 Å². The zero-order valence-electron chi connectivity index (χ0n) is 13.3. The van der Waals surface area contributed by atoms with Gasteiger partial charge in [-0.2, -0.15) is 0 Å². The molecule has 0 bridgehead atoms. The Balaban J connectivity index is 2.01. The van der Waals surface area contributed by atoms with Gasteiger partial charge in [-0.15, -0.1) is 0 Å². The van der Waals surface area contributed by atoms with E-state index in [1.165, 1.54) is 0 Å². The van der Waals surface area contributed by atoms with Gasteiger partial charge in [0.1, 0.15) is 12.2 Å². The van der Waals surface area contributed by atoms with E-state index in [1.54, 1.807) is 0 Å². The first-order valence-electron chi connectivity index (χ1n) is 7.96. The SMILES string of the molecule is CN[C@H](C)[C@@H]1CC[C@@H](N)[C@@H](O[C@H]2[C@H](O)[C@@H](O)[C@H](N)C[C@@H]2N)O1. The van der Waals surface area contributed by atoms with Crippen LogP contribution in [0.3, 0.4) is 0 Å². The molecule has 8 heteroatoms. The minimum absolute atomic E-state index is 0.0149. The summed E-state index contributed by atoms with van der Waals surface area (Å²) in [6.07, 6.45) is -1.62. The molecular formula is C14H30N4O4. The molecule has 9 N–H and O–H groups in total. The van der Waals surface area contributed by atoms with Crippen LogP contribution in [0.25, 0.3) is 0 Å². The van der Waals surface area contributed by atoms with E-state index < -0.39 is 36.7 Å². The van der Waals surface area contributed by atoms with E-state index in [4.69, 9.17) is 26.7 Å². The molecule has 0 unspecified atom stereocenters. The second-order valence-electron chi connectivity index (χ2n) is 6.51. The molecule has 9 atom stereocenters. The van der Waals surface area contributed by atoms with Crippen LogP contribution < -0.4 is 22.5 Å². The fourth-order valence-corrected chi connectivity index (χ4v) is 3.15. The molecule has 1 saturated heterocycles. The Morgan fingerprint density at radius 2 is 1.77 bits per heavy atom. The zero-order chi connectivity index (χ0) is 16.4. The van der Waals surface area contributed by atoms with Crippen LogP contribution >= 0.6 is 0 Å². The maximum absolute atomic E-state index is 10.2. The number of rotatable bonds is 4. The summed E-state index contributed by atoms with van der Waals surface area (Å²) in [7, 11) is 1.87. The van der Waals surface area contributed by atoms with Gasteiger partial charge in [0, 0.05) is 18.1 Å². The lowest BCUT2D eigenvalue weighted by molar-refractivity contribution is -0.256. The summed E-state index contributed by atoms with van der Waals surface area (Å²) in [6, 6.07) is -1.14. The normalized spacial score (nSPS) is 48.1. The first-order valence-corrected chi connectivity index (χ1v) is 7.96. The summed E-state index contributed by atoms with van der Waals surface area (Å²) >= 11 is 0. The Labute approximate surface area is 131 Å². The molecule has 1 aliphatic carbocycles. The first kappa shape index (κ1) is 18.0. The number of aliphatic hydroxyl groups excluding tert-OH is 2. The predicted molar refractivity (Wildman–Crippen MR) is 81.8 cm³/mol. The first-order chi connectivity index (χ1) is 10.3. The van der Waals surface area contributed by atoms with Gasteiger partial charge in [-0.3, -0.25) is 0 Å². The lowest BCUT2D eigenvalue weighted by Crippen LogP contribution is -2.64. The van der Waals surface area contributed by atoms with Crippen molar-refractivity contribution in [2.75, 3.05) is 7.05 Å². The Kier molecular flexibility index (Phi) is 6.14. The molecule has 2 fully saturated rings. The number of hydrogen-bond acceptors (Lipinski definition) is 8. The molecule has 0 radical (unpaired) electrons. The maximum atomic E-state index is 10.2. The van der Waals surface area contributed by atoms with Crippen LogP contribution in [0, 0.1) is 0 Å². The molecule has 0 amide bonds. The van der Waals surface area contributed by atoms with Crippen molar-refractivity contribution < 1.29 is 19.7 Å². The van der Waals surface area contributed by atoms with Crippen molar-refractivity contribution in [2.24, 2.45) is 17.2 Å². The smallest absolute Gasteiger partial charge is 0.173 e. The molecule has 0 aromatic heterocycles. The minimum atomic E-state index is -1.14. The van der Waals surface area contributed by atoms with E-state index >= 15 is 0 Å². The highest BCUT2D eigenvalue weighted by Gasteiger charge is 2.44. The second-order valence-corrected chi connectivity index (χ2v) is 6.51. The molecule has 22 heavy (non-hydrogen) atoms. The summed E-state index contributed by atoms with van der Waals surface area (Å²) in [4.78, 5) is 0. The van der Waals surface area contributed by atoms with Crippen LogP contribution in [0.5, 0.6) is 0 Å². The number of aliphatic hydroxyl groups is 2. The van der Waals surface area contributed by atoms with Crippen LogP contribution in [0.4, 0.5) is 0 Å². The number of ether oxygens (including phenoxy) is 2. The van der Waals surface area contributed by atoms with Crippen molar-refractivity contribution in [1.29, 1.82) is 0 Å². The van der Waals surface area contributed by atoms with Gasteiger partial charge in [0.15, 0.2) is 6.29 Å². The van der Waals surface area contributed by atoms with E-state index in [9.17, 15) is 10.2 Å². The topological polar surface area (TPSA) is 149 Å². The lowest BCUT2D eigenvalue weighted by Gasteiger charge is -2.44. The van der Waals surface area contributed by atoms with Gasteiger partial charge in [0.25, 0.3) is 0 Å². The Morgan fingerprint density at radius 1 is 1.09 bits per heavy atom. The van der Waals surface area contributed by atoms with Gasteiger partial charge < -0.3 is 42.2 Å². The average Bonchev–Trinajstić information content (AvgIpc) is 2.50. The third kappa shape index (κ3) is 3.77. The summed E-state index contributed by atoms with van der Waals surface area (Å²) in [5.74, 6) is 0. The summed E-state index contributed by atoms with van der Waals surface area (Å²) in [5.41, 5.74) is 17.8. The highest BCUT2D eigenvalue weighted by molar-refractivity contribution is 4.98. The van der Waals surface area contributed by atoms with E-state index in [1.807, 2.05) is 14.0 Å². The fourth-order valence-electron chi connectivity index (χ4n) is 3.15. The molecular weight excluding hydrogens is 288 g/mol. The lowest BCUT2D eigenvalue weighted by atomic mass is 9.84. The summed E-state index contributed by atoms with van der Waals surface area (Å²) in [6.45, 7) is 2.03. The molecule has 0 aromatic rings. The molecule has 2 aliphatic rings. The van der Waals surface area contributed by atoms with Gasteiger partial charge in [0.2, 0.25) is 0 Å². The maximum Gasteiger partial charge on any atom is 0.173 e. The van der Waals surface area contributed by atoms with Gasteiger partial charge in [-0.05, 0) is 33.2 Å². The molecule has 130 valence electrons. The molecule has 0 aromatic carbocycles. The van der Waals surface area contributed by atoms with Gasteiger partial charge in [0.05, 0.1) is 18.2 Å². The van der Waals surface area contributed by atoms with Crippen molar-refractivity contribution in [3.8, 4) is 0 Å². The Hall–Kier alpha value is -0.320. The average molecular weight is 318 g/mol. The van der Waals surface area contributed by atoms with Crippen molar-refractivity contribution in [2.45, 2.75) is 81.1 Å². The number of hydrogen-bond donors (Lipinski definition) is 6. The molecule has 8 nitrogen and oxygen atoms in total. The largest absolute Gasteiger partial charge is 0.389 e. The third-order valence-corrected chi connectivity index (χ3v) is 4.84. The number of nitrogens with two attached hydrogens (primary N) is 3. The summed E-state index contributed by atoms with van der Waals surface area (Å²) in [5, 5.41) is 23.2. The van der Waals surface area contributed by atoms with Crippen LogP contribution in [0.2, 0.25) is 0 Å². The standard InChI is InChI=1S/C14H30N4O4/c1-6(18-2)10-4-3-7(15)14(21-10)22-13-9(17)5-8(16)11(19)12(13)20/h6-14,18-20H,3-5,15-17H2,1-2H3/t6-,7-,8-,9+,10+,11+,12-,13-,14-/m1/s1. The van der Waals surface area contributed by atoms with Crippen molar-refractivity contribution in [3.63, 3.8) is 0 Å². The van der Waals surface area contributed by atoms with Crippen LogP contribution in [0.1, 0.15) is 26.2 Å². The quantitative estimate of drug-likeness (QED) is 0.336. The Morgan fingerprint density at radius 3 is 2.41 bits per heavy atom. The van der Waals surface area contributed by atoms with E-state index in [0.29, 0.717) is 6.42 Å². The Bertz CT molecular complexity index is 362. The van der Waals surface area contributed by atoms with Crippen LogP contribution in [-0.4, -0.2) is 72.1 Å². The summed E-state index contributed by atoms with van der Waals surface area (Å²) < 4.78 is 11.8. The van der Waals surface area contributed by atoms with Crippen LogP contribution in [-0.2, 0) is 9.47 Å². The fraction of sp³-hybridized carbons (Fsp3) is 1.00. The van der Waals surface area contributed by atoms with Gasteiger partial charge in [-0.25, -0.2) is 0 Å². The molecule has 1 heterocycles. The van der Waals surface area contributed by atoms with E-state index in [0.717, 1.165) is 12.8 Å². The molecule has 1 saturated carbocycles. The number of likely N-dealkylation sites (N-methyl/N-ethyl adjacent to an activating group) is 1. The third-order valence-electron chi connectivity index (χ3n) is 4.84. The number of nitrogens with one attached hydrogen (secondary N) is 1. The monoisotopic (exact) mass is 318 g/mol. The van der Waals surface area contributed by atoms with E-state index in [-0.39, 0.29) is 18.2 Å². The van der Waals surface area contributed by atoms with Crippen molar-refractivity contribution in [1.82, 2.24) is 5.32 Å². The molecule has 0 spiro atoms. The van der Waals surface area contributed by atoms with Crippen molar-refractivity contribution >= 4 is 0 Å². The molecule has 1 aliphatic heterocycles. The minimum Gasteiger partial charge on any atom is -0.389 e. The second kappa shape index (κ2) is 7.50. The predicted octanol–water partition coefficient (Wildman–Crippen LogP) is -2.41. The zero-order valence-corrected chi connectivity index (χ0v) is 13.3. The molecule has 2 rings (SSSR count). The van der Waals surface area contributed by atoms with Crippen LogP contribution in [0.15, 0.2) is 0 Å². The highest BCUT2D eigenvalue weighted by Crippen LogP contribution is 2.27. The highest BCUT2D eigenvalue weighted by atomic mass is 16.7.